The summed E-state index contributed by atoms with van der Waals surface area (Å²) in [5.41, 5.74) is 12.4. The second-order valence-corrected chi connectivity index (χ2v) is 4.40. The molecule has 0 aliphatic rings. The molecule has 7 nitrogen and oxygen atoms in total. The lowest BCUT2D eigenvalue weighted by molar-refractivity contribution is 0.0996. The first kappa shape index (κ1) is 12.8. The van der Waals surface area contributed by atoms with Crippen molar-refractivity contribution < 1.29 is 4.79 Å². The van der Waals surface area contributed by atoms with Gasteiger partial charge in [0.25, 0.3) is 5.91 Å². The molecule has 104 valence electrons. The summed E-state index contributed by atoms with van der Waals surface area (Å²) in [6, 6.07) is 9.57. The Morgan fingerprint density at radius 1 is 1.14 bits per heavy atom. The van der Waals surface area contributed by atoms with Gasteiger partial charge in [0.15, 0.2) is 11.5 Å². The van der Waals surface area contributed by atoms with Gasteiger partial charge in [0.05, 0.1) is 23.6 Å². The van der Waals surface area contributed by atoms with E-state index in [1.165, 1.54) is 6.20 Å². The third kappa shape index (κ3) is 2.57. The Bertz CT molecular complexity index is 833. The summed E-state index contributed by atoms with van der Waals surface area (Å²) in [7, 11) is 0. The van der Waals surface area contributed by atoms with Crippen LogP contribution in [-0.2, 0) is 0 Å². The Balaban J connectivity index is 2.02. The average molecular weight is 280 g/mol. The number of pyridine rings is 1. The van der Waals surface area contributed by atoms with E-state index in [1.54, 1.807) is 6.20 Å². The fourth-order valence-electron chi connectivity index (χ4n) is 1.95. The molecule has 0 saturated heterocycles. The van der Waals surface area contributed by atoms with Gasteiger partial charge in [0, 0.05) is 5.39 Å². The zero-order valence-corrected chi connectivity index (χ0v) is 10.9. The molecule has 2 aromatic heterocycles. The van der Waals surface area contributed by atoms with Crippen molar-refractivity contribution >= 4 is 34.1 Å². The van der Waals surface area contributed by atoms with Crippen molar-refractivity contribution in [1.29, 1.82) is 0 Å². The molecule has 0 atom stereocenters. The predicted octanol–water partition coefficient (Wildman–Crippen LogP) is 1.45. The highest BCUT2D eigenvalue weighted by atomic mass is 16.1. The highest BCUT2D eigenvalue weighted by molar-refractivity contribution is 5.96. The summed E-state index contributed by atoms with van der Waals surface area (Å²) in [4.78, 5) is 23.6. The van der Waals surface area contributed by atoms with E-state index < -0.39 is 5.91 Å². The molecule has 1 aromatic carbocycles. The number of carbonyl (C=O) groups is 1. The Kier molecular flexibility index (Phi) is 3.07. The monoisotopic (exact) mass is 280 g/mol. The Hall–Kier alpha value is -3.22. The molecule has 7 heteroatoms. The van der Waals surface area contributed by atoms with Crippen molar-refractivity contribution in [2.24, 2.45) is 5.73 Å². The Morgan fingerprint density at radius 2 is 1.95 bits per heavy atom. The van der Waals surface area contributed by atoms with E-state index in [2.05, 4.69) is 20.3 Å². The number of nitrogens with zero attached hydrogens (tertiary/aromatic N) is 3. The first-order chi connectivity index (χ1) is 10.1. The minimum atomic E-state index is -0.682. The highest BCUT2D eigenvalue weighted by Crippen LogP contribution is 2.21. The second-order valence-electron chi connectivity index (χ2n) is 4.40. The summed E-state index contributed by atoms with van der Waals surface area (Å²) >= 11 is 0. The molecule has 3 aromatic rings. The Labute approximate surface area is 120 Å². The fraction of sp³-hybridized carbons (Fsp3) is 0. The predicted molar refractivity (Wildman–Crippen MR) is 80.0 cm³/mol. The summed E-state index contributed by atoms with van der Waals surface area (Å²) < 4.78 is 0. The summed E-state index contributed by atoms with van der Waals surface area (Å²) in [5.74, 6) is -0.283. The van der Waals surface area contributed by atoms with Crippen molar-refractivity contribution in [3.8, 4) is 0 Å². The van der Waals surface area contributed by atoms with Gasteiger partial charge in [-0.2, -0.15) is 0 Å². The number of benzene rings is 1. The number of carbonyl (C=O) groups excluding carboxylic acids is 1. The smallest absolute Gasteiger partial charge is 0.271 e. The SMILES string of the molecule is NC(=O)c1ncc(N)nc1Nc1cnc2ccccc2c1. The fourth-order valence-corrected chi connectivity index (χ4v) is 1.95. The van der Waals surface area contributed by atoms with Crippen LogP contribution in [0.25, 0.3) is 10.9 Å². The minimum absolute atomic E-state index is 0.0253. The van der Waals surface area contributed by atoms with Crippen molar-refractivity contribution in [3.63, 3.8) is 0 Å². The molecule has 0 bridgehead atoms. The van der Waals surface area contributed by atoms with Gasteiger partial charge in [0.1, 0.15) is 5.82 Å². The minimum Gasteiger partial charge on any atom is -0.382 e. The van der Waals surface area contributed by atoms with Gasteiger partial charge < -0.3 is 16.8 Å². The van der Waals surface area contributed by atoms with Gasteiger partial charge in [0.2, 0.25) is 0 Å². The molecule has 0 unspecified atom stereocenters. The van der Waals surface area contributed by atoms with Crippen LogP contribution in [0.3, 0.4) is 0 Å². The number of hydrogen-bond acceptors (Lipinski definition) is 6. The van der Waals surface area contributed by atoms with Gasteiger partial charge >= 0.3 is 0 Å². The molecule has 0 aliphatic carbocycles. The number of rotatable bonds is 3. The van der Waals surface area contributed by atoms with Crippen LogP contribution in [0.1, 0.15) is 10.5 Å². The van der Waals surface area contributed by atoms with Gasteiger partial charge in [-0.3, -0.25) is 9.78 Å². The molecule has 21 heavy (non-hydrogen) atoms. The second kappa shape index (κ2) is 5.04. The topological polar surface area (TPSA) is 120 Å². The number of anilines is 3. The van der Waals surface area contributed by atoms with Crippen molar-refractivity contribution in [2.75, 3.05) is 11.1 Å². The molecule has 0 aliphatic heterocycles. The van der Waals surface area contributed by atoms with E-state index in [0.29, 0.717) is 5.69 Å². The van der Waals surface area contributed by atoms with E-state index in [0.717, 1.165) is 10.9 Å². The quantitative estimate of drug-likeness (QED) is 0.668. The van der Waals surface area contributed by atoms with E-state index in [4.69, 9.17) is 11.5 Å². The number of nitrogens with two attached hydrogens (primary N) is 2. The van der Waals surface area contributed by atoms with Crippen molar-refractivity contribution in [1.82, 2.24) is 15.0 Å². The molecule has 0 saturated carbocycles. The number of primary amides is 1. The standard InChI is InChI=1S/C14H12N6O/c15-11-7-18-12(13(16)21)14(20-11)19-9-5-8-3-1-2-4-10(8)17-6-9/h1-7H,(H2,16,21)(H3,15,19,20). The maximum atomic E-state index is 11.4. The van der Waals surface area contributed by atoms with Crippen LogP contribution in [0.4, 0.5) is 17.3 Å². The first-order valence-corrected chi connectivity index (χ1v) is 6.17. The number of aromatic nitrogens is 3. The van der Waals surface area contributed by atoms with Gasteiger partial charge in [-0.15, -0.1) is 0 Å². The number of para-hydroxylation sites is 1. The van der Waals surface area contributed by atoms with E-state index in [9.17, 15) is 4.79 Å². The molecule has 3 rings (SSSR count). The molecular formula is C14H12N6O. The maximum absolute atomic E-state index is 11.4. The van der Waals surface area contributed by atoms with Crippen molar-refractivity contribution in [2.45, 2.75) is 0 Å². The van der Waals surface area contributed by atoms with Crippen LogP contribution in [-0.4, -0.2) is 20.9 Å². The highest BCUT2D eigenvalue weighted by Gasteiger charge is 2.12. The zero-order valence-electron chi connectivity index (χ0n) is 10.9. The number of hydrogen-bond donors (Lipinski definition) is 3. The lowest BCUT2D eigenvalue weighted by Gasteiger charge is -2.09. The van der Waals surface area contributed by atoms with E-state index in [-0.39, 0.29) is 17.3 Å². The molecule has 2 heterocycles. The Morgan fingerprint density at radius 3 is 2.76 bits per heavy atom. The van der Waals surface area contributed by atoms with Gasteiger partial charge in [-0.1, -0.05) is 18.2 Å². The number of amides is 1. The van der Waals surface area contributed by atoms with Crippen LogP contribution in [0.5, 0.6) is 0 Å². The summed E-state index contributed by atoms with van der Waals surface area (Å²) in [6.45, 7) is 0. The maximum Gasteiger partial charge on any atom is 0.271 e. The van der Waals surface area contributed by atoms with Gasteiger partial charge in [-0.05, 0) is 12.1 Å². The molecule has 5 N–H and O–H groups in total. The number of nitrogen functional groups attached to an aromatic ring is 1. The molecule has 0 radical (unpaired) electrons. The normalized spacial score (nSPS) is 10.5. The van der Waals surface area contributed by atoms with Crippen LogP contribution >= 0.6 is 0 Å². The van der Waals surface area contributed by atoms with Crippen molar-refractivity contribution in [3.05, 3.63) is 48.4 Å². The first-order valence-electron chi connectivity index (χ1n) is 6.17. The summed E-state index contributed by atoms with van der Waals surface area (Å²) in [6.07, 6.45) is 2.92. The third-order valence-corrected chi connectivity index (χ3v) is 2.88. The number of nitrogens with one attached hydrogen (secondary N) is 1. The lowest BCUT2D eigenvalue weighted by Crippen LogP contribution is -2.17. The summed E-state index contributed by atoms with van der Waals surface area (Å²) in [5, 5.41) is 3.93. The average Bonchev–Trinajstić information content (AvgIpc) is 2.47. The molecule has 0 spiro atoms. The molecular weight excluding hydrogens is 268 g/mol. The molecule has 1 amide bonds. The van der Waals surface area contributed by atoms with Crippen LogP contribution in [0, 0.1) is 0 Å². The largest absolute Gasteiger partial charge is 0.382 e. The van der Waals surface area contributed by atoms with Gasteiger partial charge in [-0.25, -0.2) is 9.97 Å². The van der Waals surface area contributed by atoms with E-state index >= 15 is 0 Å². The zero-order chi connectivity index (χ0) is 14.8. The van der Waals surface area contributed by atoms with E-state index in [1.807, 2.05) is 30.3 Å². The van der Waals surface area contributed by atoms with Crippen LogP contribution in [0.2, 0.25) is 0 Å². The van der Waals surface area contributed by atoms with Crippen LogP contribution < -0.4 is 16.8 Å². The van der Waals surface area contributed by atoms with Crippen LogP contribution in [0.15, 0.2) is 42.7 Å². The number of fused-ring (bicyclic) bond motifs is 1. The third-order valence-electron chi connectivity index (χ3n) is 2.88. The molecule has 0 fully saturated rings. The lowest BCUT2D eigenvalue weighted by atomic mass is 10.2.